The fourth-order valence-electron chi connectivity index (χ4n) is 2.81. The molecule has 2 N–H and O–H groups in total. The Labute approximate surface area is 126 Å². The summed E-state index contributed by atoms with van der Waals surface area (Å²) in [5.41, 5.74) is 6.75. The lowest BCUT2D eigenvalue weighted by molar-refractivity contribution is -0.134. The van der Waals surface area contributed by atoms with Gasteiger partial charge in [0.05, 0.1) is 25.7 Å². The normalized spacial score (nSPS) is 19.6. The van der Waals surface area contributed by atoms with Gasteiger partial charge in [0.25, 0.3) is 0 Å². The molecule has 1 aliphatic heterocycles. The van der Waals surface area contributed by atoms with Crippen molar-refractivity contribution < 1.29 is 14.3 Å². The first-order valence-corrected chi connectivity index (χ1v) is 7.36. The Kier molecular flexibility index (Phi) is 5.59. The topological polar surface area (TPSA) is 64.8 Å². The first-order valence-electron chi connectivity index (χ1n) is 7.36. The largest absolute Gasteiger partial charge is 0.497 e. The molecule has 2 unspecified atom stereocenters. The van der Waals surface area contributed by atoms with Gasteiger partial charge in [-0.3, -0.25) is 4.79 Å². The Bertz CT molecular complexity index is 457. The van der Waals surface area contributed by atoms with Crippen molar-refractivity contribution in [1.82, 2.24) is 4.90 Å². The van der Waals surface area contributed by atoms with Crippen LogP contribution in [0.2, 0.25) is 0 Å². The lowest BCUT2D eigenvalue weighted by Gasteiger charge is -2.26. The van der Waals surface area contributed by atoms with E-state index in [1.165, 1.54) is 0 Å². The maximum absolute atomic E-state index is 12.4. The van der Waals surface area contributed by atoms with E-state index < -0.39 is 0 Å². The van der Waals surface area contributed by atoms with Gasteiger partial charge in [0.2, 0.25) is 5.91 Å². The standard InChI is InChI=1S/C16H24N2O3/c1-20-13-7-5-12(6-8-13)15-4-3-9-18(15)16(19)10-14(11-17)21-2/h5-8,14-15H,3-4,9-11,17H2,1-2H3. The molecule has 0 saturated carbocycles. The molecule has 21 heavy (non-hydrogen) atoms. The number of likely N-dealkylation sites (tertiary alicyclic amines) is 1. The summed E-state index contributed by atoms with van der Waals surface area (Å²) in [7, 11) is 3.24. The lowest BCUT2D eigenvalue weighted by Crippen LogP contribution is -2.35. The Morgan fingerprint density at radius 3 is 2.67 bits per heavy atom. The highest BCUT2D eigenvalue weighted by atomic mass is 16.5. The number of benzene rings is 1. The second kappa shape index (κ2) is 7.43. The van der Waals surface area contributed by atoms with Gasteiger partial charge in [-0.15, -0.1) is 0 Å². The molecule has 1 fully saturated rings. The molecule has 1 saturated heterocycles. The summed E-state index contributed by atoms with van der Waals surface area (Å²) in [4.78, 5) is 14.4. The van der Waals surface area contributed by atoms with Crippen LogP contribution in [0.25, 0.3) is 0 Å². The monoisotopic (exact) mass is 292 g/mol. The number of ether oxygens (including phenoxy) is 2. The summed E-state index contributed by atoms with van der Waals surface area (Å²) >= 11 is 0. The molecule has 2 rings (SSSR count). The summed E-state index contributed by atoms with van der Waals surface area (Å²) in [6.45, 7) is 1.17. The highest BCUT2D eigenvalue weighted by Gasteiger charge is 2.30. The molecule has 1 heterocycles. The third-order valence-corrected chi connectivity index (χ3v) is 4.07. The quantitative estimate of drug-likeness (QED) is 0.867. The molecule has 1 aromatic carbocycles. The Balaban J connectivity index is 2.06. The molecule has 5 heteroatoms. The average molecular weight is 292 g/mol. The van der Waals surface area contributed by atoms with Crippen molar-refractivity contribution in [3.05, 3.63) is 29.8 Å². The Hall–Kier alpha value is -1.59. The highest BCUT2D eigenvalue weighted by molar-refractivity contribution is 5.77. The molecule has 0 radical (unpaired) electrons. The predicted octanol–water partition coefficient (Wildman–Crippen LogP) is 1.72. The van der Waals surface area contributed by atoms with Gasteiger partial charge in [-0.05, 0) is 30.5 Å². The van der Waals surface area contributed by atoms with Crippen molar-refractivity contribution in [2.45, 2.75) is 31.4 Å². The maximum Gasteiger partial charge on any atom is 0.225 e. The Morgan fingerprint density at radius 2 is 2.10 bits per heavy atom. The number of hydrogen-bond donors (Lipinski definition) is 1. The van der Waals surface area contributed by atoms with Crippen molar-refractivity contribution in [3.63, 3.8) is 0 Å². The van der Waals surface area contributed by atoms with Gasteiger partial charge in [0.1, 0.15) is 5.75 Å². The number of carbonyl (C=O) groups excluding carboxylic acids is 1. The van der Waals surface area contributed by atoms with E-state index in [0.29, 0.717) is 13.0 Å². The molecule has 0 bridgehead atoms. The van der Waals surface area contributed by atoms with Crippen LogP contribution >= 0.6 is 0 Å². The van der Waals surface area contributed by atoms with Crippen LogP contribution in [0, 0.1) is 0 Å². The number of amides is 1. The second-order valence-corrected chi connectivity index (χ2v) is 5.32. The zero-order valence-corrected chi connectivity index (χ0v) is 12.7. The molecule has 2 atom stereocenters. The van der Waals surface area contributed by atoms with Crippen LogP contribution in [-0.2, 0) is 9.53 Å². The second-order valence-electron chi connectivity index (χ2n) is 5.32. The minimum Gasteiger partial charge on any atom is -0.497 e. The van der Waals surface area contributed by atoms with Crippen molar-refractivity contribution in [2.24, 2.45) is 5.73 Å². The lowest BCUT2D eigenvalue weighted by atomic mass is 10.0. The molecule has 116 valence electrons. The molecular formula is C16H24N2O3. The molecule has 1 aromatic rings. The fourth-order valence-corrected chi connectivity index (χ4v) is 2.81. The van der Waals surface area contributed by atoms with Crippen LogP contribution < -0.4 is 10.5 Å². The van der Waals surface area contributed by atoms with E-state index in [4.69, 9.17) is 15.2 Å². The minimum atomic E-state index is -0.199. The van der Waals surface area contributed by atoms with E-state index in [-0.39, 0.29) is 18.1 Å². The van der Waals surface area contributed by atoms with E-state index in [1.54, 1.807) is 14.2 Å². The number of carbonyl (C=O) groups is 1. The molecule has 1 amide bonds. The fraction of sp³-hybridized carbons (Fsp3) is 0.562. The van der Waals surface area contributed by atoms with E-state index in [1.807, 2.05) is 29.2 Å². The van der Waals surface area contributed by atoms with Gasteiger partial charge in [-0.2, -0.15) is 0 Å². The molecular weight excluding hydrogens is 268 g/mol. The van der Waals surface area contributed by atoms with E-state index in [2.05, 4.69) is 0 Å². The molecule has 0 aliphatic carbocycles. The van der Waals surface area contributed by atoms with Gasteiger partial charge in [0, 0.05) is 20.2 Å². The van der Waals surface area contributed by atoms with E-state index in [9.17, 15) is 4.79 Å². The molecule has 5 nitrogen and oxygen atoms in total. The van der Waals surface area contributed by atoms with Crippen LogP contribution in [0.15, 0.2) is 24.3 Å². The number of rotatable bonds is 6. The summed E-state index contributed by atoms with van der Waals surface area (Å²) in [6, 6.07) is 8.10. The third kappa shape index (κ3) is 3.74. The number of methoxy groups -OCH3 is 2. The first kappa shape index (κ1) is 15.8. The smallest absolute Gasteiger partial charge is 0.225 e. The highest BCUT2D eigenvalue weighted by Crippen LogP contribution is 2.33. The summed E-state index contributed by atoms with van der Waals surface area (Å²) < 4.78 is 10.4. The van der Waals surface area contributed by atoms with E-state index >= 15 is 0 Å². The van der Waals surface area contributed by atoms with E-state index in [0.717, 1.165) is 30.7 Å². The minimum absolute atomic E-state index is 0.116. The predicted molar refractivity (Wildman–Crippen MR) is 81.2 cm³/mol. The average Bonchev–Trinajstić information content (AvgIpc) is 3.02. The van der Waals surface area contributed by atoms with Crippen LogP contribution in [0.4, 0.5) is 0 Å². The van der Waals surface area contributed by atoms with Gasteiger partial charge < -0.3 is 20.1 Å². The van der Waals surface area contributed by atoms with Crippen molar-refractivity contribution in [1.29, 1.82) is 0 Å². The van der Waals surface area contributed by atoms with Crippen LogP contribution in [0.5, 0.6) is 5.75 Å². The van der Waals surface area contributed by atoms with Crippen LogP contribution in [0.1, 0.15) is 30.9 Å². The van der Waals surface area contributed by atoms with Crippen molar-refractivity contribution in [3.8, 4) is 5.75 Å². The zero-order valence-electron chi connectivity index (χ0n) is 12.7. The van der Waals surface area contributed by atoms with Crippen LogP contribution in [0.3, 0.4) is 0 Å². The first-order chi connectivity index (χ1) is 10.2. The van der Waals surface area contributed by atoms with Gasteiger partial charge in [-0.25, -0.2) is 0 Å². The Morgan fingerprint density at radius 1 is 1.38 bits per heavy atom. The number of nitrogens with two attached hydrogens (primary N) is 1. The molecule has 1 aliphatic rings. The van der Waals surface area contributed by atoms with Gasteiger partial charge >= 0.3 is 0 Å². The van der Waals surface area contributed by atoms with Gasteiger partial charge in [-0.1, -0.05) is 12.1 Å². The summed E-state index contributed by atoms with van der Waals surface area (Å²) in [5.74, 6) is 0.947. The summed E-state index contributed by atoms with van der Waals surface area (Å²) in [5, 5.41) is 0. The van der Waals surface area contributed by atoms with Crippen LogP contribution in [-0.4, -0.2) is 44.2 Å². The summed E-state index contributed by atoms with van der Waals surface area (Å²) in [6.07, 6.45) is 2.18. The number of hydrogen-bond acceptors (Lipinski definition) is 4. The van der Waals surface area contributed by atoms with Crippen molar-refractivity contribution in [2.75, 3.05) is 27.3 Å². The molecule has 0 spiro atoms. The zero-order chi connectivity index (χ0) is 15.2. The van der Waals surface area contributed by atoms with Gasteiger partial charge in [0.15, 0.2) is 0 Å². The van der Waals surface area contributed by atoms with Crippen molar-refractivity contribution >= 4 is 5.91 Å². The third-order valence-electron chi connectivity index (χ3n) is 4.07. The maximum atomic E-state index is 12.4. The SMILES string of the molecule is COc1ccc(C2CCCN2C(=O)CC(CN)OC)cc1. The number of nitrogens with zero attached hydrogens (tertiary/aromatic N) is 1. The molecule has 0 aromatic heterocycles.